The maximum absolute atomic E-state index is 13.1. The SMILES string of the molecule is N#Cc1ccccc1OCC1Cc2cc(F)ccc2O1. The molecule has 0 bridgehead atoms. The van der Waals surface area contributed by atoms with Gasteiger partial charge in [-0.25, -0.2) is 4.39 Å². The number of ether oxygens (including phenoxy) is 2. The fourth-order valence-corrected chi connectivity index (χ4v) is 2.25. The summed E-state index contributed by atoms with van der Waals surface area (Å²) in [6.07, 6.45) is 0.459. The molecule has 0 saturated heterocycles. The molecule has 3 nitrogen and oxygen atoms in total. The van der Waals surface area contributed by atoms with Crippen molar-refractivity contribution < 1.29 is 13.9 Å². The summed E-state index contributed by atoms with van der Waals surface area (Å²) in [5.41, 5.74) is 1.35. The largest absolute Gasteiger partial charge is 0.488 e. The zero-order valence-electron chi connectivity index (χ0n) is 10.7. The Morgan fingerprint density at radius 2 is 2.15 bits per heavy atom. The van der Waals surface area contributed by atoms with E-state index in [9.17, 15) is 4.39 Å². The molecule has 4 heteroatoms. The van der Waals surface area contributed by atoms with Crippen LogP contribution in [-0.4, -0.2) is 12.7 Å². The Balaban J connectivity index is 1.66. The maximum atomic E-state index is 13.1. The molecule has 2 aromatic rings. The fraction of sp³-hybridized carbons (Fsp3) is 0.188. The van der Waals surface area contributed by atoms with E-state index in [4.69, 9.17) is 14.7 Å². The second-order valence-electron chi connectivity index (χ2n) is 4.61. The lowest BCUT2D eigenvalue weighted by molar-refractivity contribution is 0.148. The smallest absolute Gasteiger partial charge is 0.137 e. The minimum atomic E-state index is -0.260. The van der Waals surface area contributed by atoms with Crippen molar-refractivity contribution in [3.63, 3.8) is 0 Å². The molecule has 0 aromatic heterocycles. The molecule has 0 saturated carbocycles. The quantitative estimate of drug-likeness (QED) is 0.860. The molecule has 0 radical (unpaired) electrons. The molecule has 1 aliphatic rings. The van der Waals surface area contributed by atoms with Crippen LogP contribution >= 0.6 is 0 Å². The van der Waals surface area contributed by atoms with Gasteiger partial charge >= 0.3 is 0 Å². The van der Waals surface area contributed by atoms with Crippen molar-refractivity contribution in [1.82, 2.24) is 0 Å². The Morgan fingerprint density at radius 1 is 1.30 bits per heavy atom. The highest BCUT2D eigenvalue weighted by atomic mass is 19.1. The maximum Gasteiger partial charge on any atom is 0.137 e. The van der Waals surface area contributed by atoms with Gasteiger partial charge in [-0.05, 0) is 30.3 Å². The molecule has 0 fully saturated rings. The third-order valence-corrected chi connectivity index (χ3v) is 3.20. The van der Waals surface area contributed by atoms with Gasteiger partial charge in [0.2, 0.25) is 0 Å². The van der Waals surface area contributed by atoms with Gasteiger partial charge in [0.25, 0.3) is 0 Å². The third-order valence-electron chi connectivity index (χ3n) is 3.20. The Morgan fingerprint density at radius 3 is 3.00 bits per heavy atom. The topological polar surface area (TPSA) is 42.2 Å². The van der Waals surface area contributed by atoms with E-state index < -0.39 is 0 Å². The van der Waals surface area contributed by atoms with Crippen molar-refractivity contribution in [2.75, 3.05) is 6.61 Å². The molecule has 3 rings (SSSR count). The predicted molar refractivity (Wildman–Crippen MR) is 71.2 cm³/mol. The minimum absolute atomic E-state index is 0.154. The van der Waals surface area contributed by atoms with Crippen LogP contribution in [0, 0.1) is 17.1 Å². The first-order valence-electron chi connectivity index (χ1n) is 6.33. The molecule has 2 aromatic carbocycles. The van der Waals surface area contributed by atoms with Gasteiger partial charge in [-0.1, -0.05) is 12.1 Å². The molecule has 1 heterocycles. The highest BCUT2D eigenvalue weighted by molar-refractivity contribution is 5.42. The Bertz CT molecular complexity index is 678. The number of nitrogens with zero attached hydrogens (tertiary/aromatic N) is 1. The molecule has 0 aliphatic carbocycles. The van der Waals surface area contributed by atoms with Gasteiger partial charge < -0.3 is 9.47 Å². The van der Waals surface area contributed by atoms with Crippen LogP contribution in [0.25, 0.3) is 0 Å². The lowest BCUT2D eigenvalue weighted by atomic mass is 10.1. The Hall–Kier alpha value is -2.54. The average molecular weight is 269 g/mol. The lowest BCUT2D eigenvalue weighted by Crippen LogP contribution is -2.22. The van der Waals surface area contributed by atoms with E-state index in [0.29, 0.717) is 30.1 Å². The van der Waals surface area contributed by atoms with Crippen LogP contribution in [0.1, 0.15) is 11.1 Å². The van der Waals surface area contributed by atoms with Gasteiger partial charge in [-0.2, -0.15) is 5.26 Å². The summed E-state index contributed by atoms with van der Waals surface area (Å²) in [4.78, 5) is 0. The number of halogens is 1. The van der Waals surface area contributed by atoms with E-state index in [1.807, 2.05) is 6.07 Å². The van der Waals surface area contributed by atoms with Crippen molar-refractivity contribution >= 4 is 0 Å². The van der Waals surface area contributed by atoms with E-state index in [0.717, 1.165) is 5.56 Å². The number of nitriles is 1. The van der Waals surface area contributed by atoms with Crippen LogP contribution < -0.4 is 9.47 Å². The summed E-state index contributed by atoms with van der Waals surface area (Å²) in [6, 6.07) is 13.6. The molecular formula is C16H12FNO2. The van der Waals surface area contributed by atoms with E-state index >= 15 is 0 Å². The fourth-order valence-electron chi connectivity index (χ4n) is 2.25. The van der Waals surface area contributed by atoms with E-state index in [2.05, 4.69) is 6.07 Å². The van der Waals surface area contributed by atoms with Crippen LogP contribution in [0.4, 0.5) is 4.39 Å². The summed E-state index contributed by atoms with van der Waals surface area (Å²) in [7, 11) is 0. The van der Waals surface area contributed by atoms with Crippen molar-refractivity contribution in [3.8, 4) is 17.6 Å². The predicted octanol–water partition coefficient (Wildman–Crippen LogP) is 3.08. The molecule has 1 atom stereocenters. The molecule has 0 spiro atoms. The highest BCUT2D eigenvalue weighted by Gasteiger charge is 2.24. The summed E-state index contributed by atoms with van der Waals surface area (Å²) < 4.78 is 24.4. The first-order valence-corrected chi connectivity index (χ1v) is 6.33. The summed E-state index contributed by atoms with van der Waals surface area (Å²) in [5, 5.41) is 8.98. The molecule has 0 N–H and O–H groups in total. The number of benzene rings is 2. The molecule has 1 unspecified atom stereocenters. The summed E-state index contributed by atoms with van der Waals surface area (Å²) >= 11 is 0. The zero-order chi connectivity index (χ0) is 13.9. The first-order chi connectivity index (χ1) is 9.76. The molecule has 100 valence electrons. The van der Waals surface area contributed by atoms with Crippen LogP contribution in [0.15, 0.2) is 42.5 Å². The third kappa shape index (κ3) is 2.43. The second kappa shape index (κ2) is 5.22. The van der Waals surface area contributed by atoms with Crippen LogP contribution in [0.3, 0.4) is 0 Å². The Kier molecular flexibility index (Phi) is 3.26. The van der Waals surface area contributed by atoms with Crippen LogP contribution in [0.5, 0.6) is 11.5 Å². The molecule has 0 amide bonds. The number of rotatable bonds is 3. The van der Waals surface area contributed by atoms with E-state index in [-0.39, 0.29) is 11.9 Å². The van der Waals surface area contributed by atoms with Crippen LogP contribution in [0.2, 0.25) is 0 Å². The van der Waals surface area contributed by atoms with Gasteiger partial charge in [-0.3, -0.25) is 0 Å². The minimum Gasteiger partial charge on any atom is -0.488 e. The first kappa shape index (κ1) is 12.5. The van der Waals surface area contributed by atoms with Gasteiger partial charge in [0.05, 0.1) is 5.56 Å². The van der Waals surface area contributed by atoms with Gasteiger partial charge in [0, 0.05) is 12.0 Å². The van der Waals surface area contributed by atoms with Crippen LogP contribution in [-0.2, 0) is 6.42 Å². The van der Waals surface area contributed by atoms with Gasteiger partial charge in [0.15, 0.2) is 0 Å². The van der Waals surface area contributed by atoms with Gasteiger partial charge in [0.1, 0.15) is 36.1 Å². The van der Waals surface area contributed by atoms with E-state index in [1.165, 1.54) is 12.1 Å². The van der Waals surface area contributed by atoms with E-state index in [1.54, 1.807) is 24.3 Å². The Labute approximate surface area is 116 Å². The summed E-state index contributed by atoms with van der Waals surface area (Å²) in [5.74, 6) is 0.984. The highest BCUT2D eigenvalue weighted by Crippen LogP contribution is 2.29. The summed E-state index contributed by atoms with van der Waals surface area (Å²) in [6.45, 7) is 0.328. The van der Waals surface area contributed by atoms with Gasteiger partial charge in [-0.15, -0.1) is 0 Å². The molecular weight excluding hydrogens is 257 g/mol. The average Bonchev–Trinajstić information content (AvgIpc) is 2.87. The number of hydrogen-bond acceptors (Lipinski definition) is 3. The monoisotopic (exact) mass is 269 g/mol. The van der Waals surface area contributed by atoms with Crippen molar-refractivity contribution in [3.05, 3.63) is 59.4 Å². The number of para-hydroxylation sites is 1. The number of fused-ring (bicyclic) bond motifs is 1. The van der Waals surface area contributed by atoms with Crippen molar-refractivity contribution in [2.45, 2.75) is 12.5 Å². The van der Waals surface area contributed by atoms with Crippen molar-refractivity contribution in [2.24, 2.45) is 0 Å². The molecule has 1 aliphatic heterocycles. The lowest BCUT2D eigenvalue weighted by Gasteiger charge is -2.13. The second-order valence-corrected chi connectivity index (χ2v) is 4.61. The normalized spacial score (nSPS) is 16.1. The van der Waals surface area contributed by atoms with Crippen molar-refractivity contribution in [1.29, 1.82) is 5.26 Å². The zero-order valence-corrected chi connectivity index (χ0v) is 10.7. The number of hydrogen-bond donors (Lipinski definition) is 0. The standard InChI is InChI=1S/C16H12FNO2/c17-13-5-6-16-12(7-13)8-14(20-16)10-19-15-4-2-1-3-11(15)9-18/h1-7,14H,8,10H2. The molecule has 20 heavy (non-hydrogen) atoms.